The highest BCUT2D eigenvalue weighted by Gasteiger charge is 2.22. The summed E-state index contributed by atoms with van der Waals surface area (Å²) in [5, 5.41) is 3.34. The Balaban J connectivity index is 1.79. The second kappa shape index (κ2) is 5.13. The molecule has 0 unspecified atom stereocenters. The second-order valence-corrected chi connectivity index (χ2v) is 5.60. The molecular weight excluding hydrogens is 222 g/mol. The number of ketones is 1. The molecule has 1 heterocycles. The van der Waals surface area contributed by atoms with Gasteiger partial charge in [0.25, 0.3) is 0 Å². The number of hydrogen-bond acceptors (Lipinski definition) is 2. The highest BCUT2D eigenvalue weighted by molar-refractivity contribution is 5.98. The van der Waals surface area contributed by atoms with Crippen molar-refractivity contribution in [3.8, 4) is 0 Å². The van der Waals surface area contributed by atoms with Gasteiger partial charge in [-0.2, -0.15) is 0 Å². The van der Waals surface area contributed by atoms with E-state index in [1.165, 1.54) is 36.9 Å². The zero-order valence-corrected chi connectivity index (χ0v) is 10.9. The Morgan fingerprint density at radius 2 is 1.89 bits per heavy atom. The van der Waals surface area contributed by atoms with E-state index < -0.39 is 0 Å². The summed E-state index contributed by atoms with van der Waals surface area (Å²) in [7, 11) is 0. The van der Waals surface area contributed by atoms with Gasteiger partial charge >= 0.3 is 0 Å². The van der Waals surface area contributed by atoms with Gasteiger partial charge in [0.15, 0.2) is 5.78 Å². The third-order valence-corrected chi connectivity index (χ3v) is 4.33. The Labute approximate surface area is 109 Å². The first-order chi connectivity index (χ1) is 8.84. The maximum absolute atomic E-state index is 12.5. The maximum atomic E-state index is 12.5. The van der Waals surface area contributed by atoms with Crippen molar-refractivity contribution >= 4 is 11.5 Å². The molecule has 0 spiro atoms. The summed E-state index contributed by atoms with van der Waals surface area (Å²) in [5.74, 6) is 0.659. The summed E-state index contributed by atoms with van der Waals surface area (Å²) < 4.78 is 0. The number of fused-ring (bicyclic) bond motifs is 1. The van der Waals surface area contributed by atoms with Gasteiger partial charge in [-0.25, -0.2) is 0 Å². The summed E-state index contributed by atoms with van der Waals surface area (Å²) in [6.07, 6.45) is 8.30. The standard InChI is InChI=1S/C16H21NO/c18-16(12-5-3-1-2-4-6-12)14-7-8-15-13(11-14)9-10-17-15/h7-8,11-12,17H,1-6,9-10H2. The zero-order chi connectivity index (χ0) is 12.4. The van der Waals surface area contributed by atoms with Gasteiger partial charge < -0.3 is 5.32 Å². The lowest BCUT2D eigenvalue weighted by Crippen LogP contribution is -2.14. The van der Waals surface area contributed by atoms with Crippen LogP contribution in [0, 0.1) is 5.92 Å². The van der Waals surface area contributed by atoms with E-state index in [9.17, 15) is 4.79 Å². The van der Waals surface area contributed by atoms with Crippen LogP contribution in [0.15, 0.2) is 18.2 Å². The van der Waals surface area contributed by atoms with Crippen molar-refractivity contribution in [1.82, 2.24) is 0 Å². The van der Waals surface area contributed by atoms with Crippen LogP contribution < -0.4 is 5.32 Å². The van der Waals surface area contributed by atoms with E-state index in [1.54, 1.807) is 0 Å². The predicted octanol–water partition coefficient (Wildman–Crippen LogP) is 3.81. The fraction of sp³-hybridized carbons (Fsp3) is 0.562. The largest absolute Gasteiger partial charge is 0.384 e. The minimum absolute atomic E-state index is 0.278. The Morgan fingerprint density at radius 3 is 2.67 bits per heavy atom. The molecule has 0 bridgehead atoms. The maximum Gasteiger partial charge on any atom is 0.165 e. The molecule has 1 aromatic carbocycles. The number of Topliss-reactive ketones (excluding diaryl/α,β-unsaturated/α-hetero) is 1. The van der Waals surface area contributed by atoms with Crippen LogP contribution in [0.2, 0.25) is 0 Å². The number of carbonyl (C=O) groups excluding carboxylic acids is 1. The molecule has 1 aromatic rings. The first-order valence-corrected chi connectivity index (χ1v) is 7.25. The molecule has 0 radical (unpaired) electrons. The third-order valence-electron chi connectivity index (χ3n) is 4.33. The molecule has 2 nitrogen and oxygen atoms in total. The van der Waals surface area contributed by atoms with Gasteiger partial charge in [0.2, 0.25) is 0 Å². The van der Waals surface area contributed by atoms with E-state index in [0.29, 0.717) is 5.78 Å². The van der Waals surface area contributed by atoms with Crippen LogP contribution in [0.25, 0.3) is 0 Å². The molecule has 2 heteroatoms. The smallest absolute Gasteiger partial charge is 0.165 e. The molecule has 0 atom stereocenters. The average molecular weight is 243 g/mol. The molecule has 96 valence electrons. The number of nitrogens with one attached hydrogen (secondary N) is 1. The van der Waals surface area contributed by atoms with Crippen LogP contribution in [0.4, 0.5) is 5.69 Å². The van der Waals surface area contributed by atoms with Crippen LogP contribution in [-0.4, -0.2) is 12.3 Å². The van der Waals surface area contributed by atoms with Gasteiger partial charge in [0.05, 0.1) is 0 Å². The van der Waals surface area contributed by atoms with Gasteiger partial charge in [-0.05, 0) is 43.0 Å². The van der Waals surface area contributed by atoms with Crippen LogP contribution in [-0.2, 0) is 6.42 Å². The molecule has 2 aliphatic rings. The van der Waals surface area contributed by atoms with Crippen molar-refractivity contribution in [1.29, 1.82) is 0 Å². The monoisotopic (exact) mass is 243 g/mol. The Hall–Kier alpha value is -1.31. The van der Waals surface area contributed by atoms with E-state index in [-0.39, 0.29) is 5.92 Å². The summed E-state index contributed by atoms with van der Waals surface area (Å²) in [4.78, 5) is 12.5. The van der Waals surface area contributed by atoms with Crippen molar-refractivity contribution < 1.29 is 4.79 Å². The van der Waals surface area contributed by atoms with Gasteiger partial charge in [0.1, 0.15) is 0 Å². The Morgan fingerprint density at radius 1 is 1.11 bits per heavy atom. The molecule has 0 amide bonds. The van der Waals surface area contributed by atoms with E-state index in [4.69, 9.17) is 0 Å². The molecule has 1 aliphatic heterocycles. The van der Waals surface area contributed by atoms with Crippen molar-refractivity contribution in [3.05, 3.63) is 29.3 Å². The van der Waals surface area contributed by atoms with E-state index in [1.807, 2.05) is 6.07 Å². The summed E-state index contributed by atoms with van der Waals surface area (Å²) >= 11 is 0. The topological polar surface area (TPSA) is 29.1 Å². The summed E-state index contributed by atoms with van der Waals surface area (Å²) in [6.45, 7) is 1.01. The van der Waals surface area contributed by atoms with E-state index in [0.717, 1.165) is 31.4 Å². The predicted molar refractivity (Wildman–Crippen MR) is 74.2 cm³/mol. The number of rotatable bonds is 2. The van der Waals surface area contributed by atoms with Gasteiger partial charge in [0, 0.05) is 23.7 Å². The Bertz CT molecular complexity index is 444. The van der Waals surface area contributed by atoms with Gasteiger partial charge in [-0.1, -0.05) is 25.7 Å². The van der Waals surface area contributed by atoms with Gasteiger partial charge in [-0.3, -0.25) is 4.79 Å². The third kappa shape index (κ3) is 2.29. The van der Waals surface area contributed by atoms with Gasteiger partial charge in [-0.15, -0.1) is 0 Å². The fourth-order valence-corrected chi connectivity index (χ4v) is 3.24. The quantitative estimate of drug-likeness (QED) is 0.632. The van der Waals surface area contributed by atoms with Crippen molar-refractivity contribution in [2.45, 2.75) is 44.9 Å². The van der Waals surface area contributed by atoms with Crippen molar-refractivity contribution in [2.24, 2.45) is 5.92 Å². The van der Waals surface area contributed by atoms with Crippen LogP contribution >= 0.6 is 0 Å². The number of carbonyl (C=O) groups is 1. The number of hydrogen-bond donors (Lipinski definition) is 1. The molecule has 1 saturated carbocycles. The highest BCUT2D eigenvalue weighted by Crippen LogP contribution is 2.29. The molecular formula is C16H21NO. The average Bonchev–Trinajstić information content (AvgIpc) is 2.69. The molecule has 0 aromatic heterocycles. The lowest BCUT2D eigenvalue weighted by molar-refractivity contribution is 0.0908. The fourth-order valence-electron chi connectivity index (χ4n) is 3.24. The van der Waals surface area contributed by atoms with Crippen LogP contribution in [0.3, 0.4) is 0 Å². The molecule has 3 rings (SSSR count). The first-order valence-electron chi connectivity index (χ1n) is 7.25. The summed E-state index contributed by atoms with van der Waals surface area (Å²) in [6, 6.07) is 6.19. The van der Waals surface area contributed by atoms with Crippen molar-refractivity contribution in [2.75, 3.05) is 11.9 Å². The lowest BCUT2D eigenvalue weighted by Gasteiger charge is -2.13. The van der Waals surface area contributed by atoms with Crippen molar-refractivity contribution in [3.63, 3.8) is 0 Å². The Kier molecular flexibility index (Phi) is 3.35. The molecule has 1 aliphatic carbocycles. The van der Waals surface area contributed by atoms with E-state index >= 15 is 0 Å². The number of anilines is 1. The minimum atomic E-state index is 0.278. The first kappa shape index (κ1) is 11.8. The summed E-state index contributed by atoms with van der Waals surface area (Å²) in [5.41, 5.74) is 3.46. The number of benzene rings is 1. The zero-order valence-electron chi connectivity index (χ0n) is 10.9. The normalized spacial score (nSPS) is 20.0. The SMILES string of the molecule is O=C(c1ccc2c(c1)CCN2)C1CCCCCC1. The molecule has 18 heavy (non-hydrogen) atoms. The second-order valence-electron chi connectivity index (χ2n) is 5.60. The lowest BCUT2D eigenvalue weighted by atomic mass is 9.90. The molecule has 0 saturated heterocycles. The molecule has 1 fully saturated rings. The van der Waals surface area contributed by atoms with Crippen LogP contribution in [0.5, 0.6) is 0 Å². The van der Waals surface area contributed by atoms with Crippen LogP contribution in [0.1, 0.15) is 54.4 Å². The van der Waals surface area contributed by atoms with E-state index in [2.05, 4.69) is 17.4 Å². The molecule has 1 N–H and O–H groups in total. The highest BCUT2D eigenvalue weighted by atomic mass is 16.1. The minimum Gasteiger partial charge on any atom is -0.384 e.